The maximum Gasteiger partial charge on any atom is 0.160 e. The first-order chi connectivity index (χ1) is 33.2. The highest BCUT2D eigenvalue weighted by Gasteiger charge is 2.18. The summed E-state index contributed by atoms with van der Waals surface area (Å²) in [6.07, 6.45) is 0. The van der Waals surface area contributed by atoms with Crippen LogP contribution in [-0.4, -0.2) is 14.5 Å². The van der Waals surface area contributed by atoms with E-state index in [0.717, 1.165) is 50.5 Å². The van der Waals surface area contributed by atoms with Gasteiger partial charge in [-0.3, -0.25) is 0 Å². The summed E-state index contributed by atoms with van der Waals surface area (Å²) in [6, 6.07) is 89.4. The summed E-state index contributed by atoms with van der Waals surface area (Å²) in [4.78, 5) is 10.7. The topological polar surface area (TPSA) is 30.7 Å². The number of nitrogens with zero attached hydrogens (tertiary/aromatic N) is 3. The molecular formula is C64H41N3. The van der Waals surface area contributed by atoms with Crippen molar-refractivity contribution in [2.45, 2.75) is 0 Å². The van der Waals surface area contributed by atoms with Crippen LogP contribution in [0.3, 0.4) is 0 Å². The highest BCUT2D eigenvalue weighted by molar-refractivity contribution is 6.20. The van der Waals surface area contributed by atoms with Crippen LogP contribution in [0.2, 0.25) is 0 Å². The Morgan fingerprint density at radius 3 is 1.67 bits per heavy atom. The standard InChI is InChI=1S/C64H41N3/c1-3-15-42(16-4-1)48-19-13-20-50(39-48)60-41-59(45-31-29-44(30-32-45)54-26-14-27-57-55-25-11-12-28-61(55)67(63(54)57)51-21-5-2-6-22-51)65-64(66-60)47-35-33-46(34-36-47)62-53-24-10-8-18-49(53)40-58-52-23-9-7-17-43(52)37-38-56(58)62/h1-41H. The molecule has 11 aromatic carbocycles. The van der Waals surface area contributed by atoms with E-state index in [1.54, 1.807) is 0 Å². The molecule has 0 N–H and O–H groups in total. The van der Waals surface area contributed by atoms with Crippen molar-refractivity contribution in [2.24, 2.45) is 0 Å². The molecule has 0 aliphatic carbocycles. The minimum Gasteiger partial charge on any atom is -0.309 e. The van der Waals surface area contributed by atoms with E-state index in [2.05, 4.69) is 253 Å². The predicted octanol–water partition coefficient (Wildman–Crippen LogP) is 17.0. The third-order valence-electron chi connectivity index (χ3n) is 13.4. The molecule has 0 saturated carbocycles. The van der Waals surface area contributed by atoms with Gasteiger partial charge in [0.2, 0.25) is 0 Å². The lowest BCUT2D eigenvalue weighted by Crippen LogP contribution is -1.97. The monoisotopic (exact) mass is 851 g/mol. The van der Waals surface area contributed by atoms with Gasteiger partial charge in [0.15, 0.2) is 5.82 Å². The molecular weight excluding hydrogens is 811 g/mol. The van der Waals surface area contributed by atoms with Crippen LogP contribution in [0.5, 0.6) is 0 Å². The SMILES string of the molecule is c1ccc(-c2cccc(-c3cc(-c4ccc(-c5cccc6c7ccccc7n(-c7ccccc7)c56)cc4)nc(-c4ccc(-c5c6ccccc6cc6c5ccc5ccccc56)cc4)n3)c2)cc1. The van der Waals surface area contributed by atoms with Crippen LogP contribution in [0, 0.1) is 0 Å². The molecule has 0 saturated heterocycles. The second kappa shape index (κ2) is 16.0. The van der Waals surface area contributed by atoms with Crippen LogP contribution < -0.4 is 0 Å². The van der Waals surface area contributed by atoms with Crippen molar-refractivity contribution >= 4 is 54.1 Å². The minimum absolute atomic E-state index is 0.680. The number of fused-ring (bicyclic) bond motifs is 7. The van der Waals surface area contributed by atoms with Crippen LogP contribution in [0.1, 0.15) is 0 Å². The van der Waals surface area contributed by atoms with Crippen molar-refractivity contribution in [3.8, 4) is 73.0 Å². The second-order valence-corrected chi connectivity index (χ2v) is 17.3. The van der Waals surface area contributed by atoms with Crippen molar-refractivity contribution in [3.05, 3.63) is 249 Å². The Kier molecular flexibility index (Phi) is 9.17. The van der Waals surface area contributed by atoms with Crippen molar-refractivity contribution in [3.63, 3.8) is 0 Å². The highest BCUT2D eigenvalue weighted by atomic mass is 15.0. The molecule has 67 heavy (non-hydrogen) atoms. The van der Waals surface area contributed by atoms with Crippen LogP contribution >= 0.6 is 0 Å². The molecule has 312 valence electrons. The molecule has 2 aromatic heterocycles. The number of rotatable bonds is 7. The van der Waals surface area contributed by atoms with Crippen LogP contribution in [-0.2, 0) is 0 Å². The van der Waals surface area contributed by atoms with Gasteiger partial charge in [0.25, 0.3) is 0 Å². The van der Waals surface area contributed by atoms with Crippen molar-refractivity contribution in [2.75, 3.05) is 0 Å². The van der Waals surface area contributed by atoms with Crippen molar-refractivity contribution in [1.82, 2.24) is 14.5 Å². The first-order valence-corrected chi connectivity index (χ1v) is 22.9. The zero-order chi connectivity index (χ0) is 44.3. The summed E-state index contributed by atoms with van der Waals surface area (Å²) in [5.74, 6) is 0.680. The van der Waals surface area contributed by atoms with Gasteiger partial charge in [0.1, 0.15) is 0 Å². The summed E-state index contributed by atoms with van der Waals surface area (Å²) in [6.45, 7) is 0. The number of aromatic nitrogens is 3. The van der Waals surface area contributed by atoms with Gasteiger partial charge in [0, 0.05) is 38.7 Å². The Labute approximate surface area is 388 Å². The van der Waals surface area contributed by atoms with Gasteiger partial charge in [0.05, 0.1) is 22.4 Å². The molecule has 13 rings (SSSR count). The van der Waals surface area contributed by atoms with Gasteiger partial charge < -0.3 is 4.57 Å². The number of para-hydroxylation sites is 3. The molecule has 0 unspecified atom stereocenters. The third kappa shape index (κ3) is 6.67. The van der Waals surface area contributed by atoms with Crippen LogP contribution in [0.4, 0.5) is 0 Å². The predicted molar refractivity (Wildman–Crippen MR) is 282 cm³/mol. The summed E-state index contributed by atoms with van der Waals surface area (Å²) < 4.78 is 2.40. The Bertz CT molecular complexity index is 4000. The molecule has 0 atom stereocenters. The molecule has 13 aromatic rings. The minimum atomic E-state index is 0.680. The Balaban J connectivity index is 0.942. The first-order valence-electron chi connectivity index (χ1n) is 22.9. The van der Waals surface area contributed by atoms with E-state index in [9.17, 15) is 0 Å². The van der Waals surface area contributed by atoms with Gasteiger partial charge in [-0.05, 0) is 96.5 Å². The molecule has 0 aliphatic heterocycles. The number of hydrogen-bond donors (Lipinski definition) is 0. The Morgan fingerprint density at radius 2 is 0.866 bits per heavy atom. The second-order valence-electron chi connectivity index (χ2n) is 17.3. The summed E-state index contributed by atoms with van der Waals surface area (Å²) in [5.41, 5.74) is 15.3. The number of benzene rings is 11. The smallest absolute Gasteiger partial charge is 0.160 e. The molecule has 0 aliphatic rings. The molecule has 0 amide bonds. The average molecular weight is 852 g/mol. The molecule has 3 heteroatoms. The van der Waals surface area contributed by atoms with E-state index in [-0.39, 0.29) is 0 Å². The van der Waals surface area contributed by atoms with E-state index in [0.29, 0.717) is 5.82 Å². The van der Waals surface area contributed by atoms with E-state index in [1.807, 2.05) is 0 Å². The van der Waals surface area contributed by atoms with Crippen LogP contribution in [0.15, 0.2) is 249 Å². The fraction of sp³-hybridized carbons (Fsp3) is 0. The lowest BCUT2D eigenvalue weighted by molar-refractivity contribution is 1.18. The van der Waals surface area contributed by atoms with Gasteiger partial charge in [-0.2, -0.15) is 0 Å². The maximum absolute atomic E-state index is 5.34. The fourth-order valence-electron chi connectivity index (χ4n) is 10.2. The molecule has 0 bridgehead atoms. The van der Waals surface area contributed by atoms with E-state index in [4.69, 9.17) is 9.97 Å². The third-order valence-corrected chi connectivity index (χ3v) is 13.4. The van der Waals surface area contributed by atoms with Gasteiger partial charge in [-0.25, -0.2) is 9.97 Å². The molecule has 0 radical (unpaired) electrons. The normalized spacial score (nSPS) is 11.6. The largest absolute Gasteiger partial charge is 0.309 e. The van der Waals surface area contributed by atoms with E-state index in [1.165, 1.54) is 70.8 Å². The molecule has 3 nitrogen and oxygen atoms in total. The van der Waals surface area contributed by atoms with Crippen LogP contribution in [0.25, 0.3) is 127 Å². The van der Waals surface area contributed by atoms with Gasteiger partial charge >= 0.3 is 0 Å². The maximum atomic E-state index is 5.34. The van der Waals surface area contributed by atoms with Gasteiger partial charge in [-0.15, -0.1) is 0 Å². The Hall–Kier alpha value is -8.92. The summed E-state index contributed by atoms with van der Waals surface area (Å²) in [5, 5.41) is 9.94. The Morgan fingerprint density at radius 1 is 0.284 bits per heavy atom. The fourth-order valence-corrected chi connectivity index (χ4v) is 10.2. The van der Waals surface area contributed by atoms with E-state index >= 15 is 0 Å². The van der Waals surface area contributed by atoms with E-state index < -0.39 is 0 Å². The zero-order valence-electron chi connectivity index (χ0n) is 36.5. The first kappa shape index (κ1) is 38.5. The lowest BCUT2D eigenvalue weighted by atomic mass is 9.89. The number of hydrogen-bond acceptors (Lipinski definition) is 2. The molecule has 2 heterocycles. The zero-order valence-corrected chi connectivity index (χ0v) is 36.5. The quantitative estimate of drug-likeness (QED) is 0.118. The summed E-state index contributed by atoms with van der Waals surface area (Å²) in [7, 11) is 0. The molecule has 0 spiro atoms. The molecule has 0 fully saturated rings. The highest BCUT2D eigenvalue weighted by Crippen LogP contribution is 2.42. The lowest BCUT2D eigenvalue weighted by Gasteiger charge is -2.15. The van der Waals surface area contributed by atoms with Crippen molar-refractivity contribution in [1.29, 1.82) is 0 Å². The van der Waals surface area contributed by atoms with Gasteiger partial charge in [-0.1, -0.05) is 212 Å². The van der Waals surface area contributed by atoms with Crippen molar-refractivity contribution < 1.29 is 0 Å². The average Bonchev–Trinajstić information content (AvgIpc) is 3.75. The summed E-state index contributed by atoms with van der Waals surface area (Å²) >= 11 is 0.